The standard InChI is InChI=1S/C46H72FNO4/c1-30(2)32-13-20-46(48-28-27-45(52)24-21-40(5,51)22-25-45)26-23-42(7)34(37(32)46)9-10-36-41(6)16-14-33(39(3,4)35(41)15-17-43(36,42)8)31-11-18-44(29-47,19-12-31)38(49)50/h11,14,32,34-37,48,51-52H,1,9-10,12-13,15-29H2,2-8H3,(H,49,50). The molecule has 0 aromatic heterocycles. The van der Waals surface area contributed by atoms with E-state index in [9.17, 15) is 24.5 Å². The van der Waals surface area contributed by atoms with Crippen molar-refractivity contribution >= 4 is 5.97 Å². The fourth-order valence-electron chi connectivity index (χ4n) is 15.2. The van der Waals surface area contributed by atoms with Crippen molar-refractivity contribution in [3.63, 3.8) is 0 Å². The minimum absolute atomic E-state index is 0.0167. The summed E-state index contributed by atoms with van der Waals surface area (Å²) in [5.74, 6) is 1.96. The Bertz CT molecular complexity index is 1500. The van der Waals surface area contributed by atoms with E-state index in [1.54, 1.807) is 0 Å². The van der Waals surface area contributed by atoms with Gasteiger partial charge in [0.05, 0.1) is 16.6 Å². The number of carbonyl (C=O) groups is 1. The summed E-state index contributed by atoms with van der Waals surface area (Å²) in [5, 5.41) is 36.0. The minimum Gasteiger partial charge on any atom is -0.481 e. The van der Waals surface area contributed by atoms with Crippen LogP contribution in [0.3, 0.4) is 0 Å². The Morgan fingerprint density at radius 2 is 1.56 bits per heavy atom. The van der Waals surface area contributed by atoms with Gasteiger partial charge in [-0.2, -0.15) is 0 Å². The molecule has 4 N–H and O–H groups in total. The van der Waals surface area contributed by atoms with Gasteiger partial charge in [-0.3, -0.25) is 4.79 Å². The molecule has 0 aromatic rings. The minimum atomic E-state index is -1.26. The summed E-state index contributed by atoms with van der Waals surface area (Å²) in [7, 11) is 0. The van der Waals surface area contributed by atoms with Crippen LogP contribution in [0.25, 0.3) is 0 Å². The largest absolute Gasteiger partial charge is 0.481 e. The second-order valence-electron chi connectivity index (χ2n) is 21.4. The molecule has 0 aromatic carbocycles. The van der Waals surface area contributed by atoms with Gasteiger partial charge in [-0.1, -0.05) is 58.9 Å². The number of carboxylic acid groups (broad SMARTS) is 1. The van der Waals surface area contributed by atoms with Crippen molar-refractivity contribution in [3.8, 4) is 0 Å². The van der Waals surface area contributed by atoms with Gasteiger partial charge in [0.1, 0.15) is 6.67 Å². The van der Waals surface area contributed by atoms with Gasteiger partial charge in [-0.05, 0) is 192 Å². The molecule has 0 spiro atoms. The molecule has 7 rings (SSSR count). The molecule has 52 heavy (non-hydrogen) atoms. The SMILES string of the molecule is C=C(C)C1CCC2(NCCC3(O)CCC(C)(O)CC3)CCC3(C)C(CCC4C5(C)CC=C(C6=CCC(CF)(C(=O)O)CC6)C(C)(C)C5CCC43C)C12. The fraction of sp³-hybridized carbons (Fsp3) is 0.848. The first-order valence-corrected chi connectivity index (χ1v) is 21.3. The van der Waals surface area contributed by atoms with Gasteiger partial charge in [0.25, 0.3) is 0 Å². The molecule has 5 fully saturated rings. The van der Waals surface area contributed by atoms with Crippen molar-refractivity contribution in [2.45, 2.75) is 174 Å². The second-order valence-corrected chi connectivity index (χ2v) is 21.4. The van der Waals surface area contributed by atoms with Crippen LogP contribution in [-0.2, 0) is 4.79 Å². The number of rotatable bonds is 8. The number of hydrogen-bond acceptors (Lipinski definition) is 4. The topological polar surface area (TPSA) is 89.8 Å². The quantitative estimate of drug-likeness (QED) is 0.187. The van der Waals surface area contributed by atoms with Crippen LogP contribution in [0.5, 0.6) is 0 Å². The zero-order valence-corrected chi connectivity index (χ0v) is 33.8. The predicted octanol–water partition coefficient (Wildman–Crippen LogP) is 10.1. The van der Waals surface area contributed by atoms with E-state index in [0.29, 0.717) is 68.1 Å². The molecule has 10 unspecified atom stereocenters. The van der Waals surface area contributed by atoms with E-state index in [-0.39, 0.29) is 33.6 Å². The van der Waals surface area contributed by atoms with E-state index < -0.39 is 29.3 Å². The Kier molecular flexibility index (Phi) is 9.52. The van der Waals surface area contributed by atoms with E-state index in [1.807, 2.05) is 6.92 Å². The Balaban J connectivity index is 1.13. The Morgan fingerprint density at radius 1 is 0.846 bits per heavy atom. The van der Waals surface area contributed by atoms with E-state index in [4.69, 9.17) is 0 Å². The van der Waals surface area contributed by atoms with E-state index in [2.05, 4.69) is 65.6 Å². The maximum atomic E-state index is 14.0. The van der Waals surface area contributed by atoms with Crippen LogP contribution in [0.15, 0.2) is 35.5 Å². The number of halogens is 1. The molecule has 6 heteroatoms. The molecule has 0 heterocycles. The first-order valence-electron chi connectivity index (χ1n) is 21.3. The number of allylic oxidation sites excluding steroid dienone is 5. The molecular weight excluding hydrogens is 650 g/mol. The lowest BCUT2D eigenvalue weighted by Crippen LogP contribution is -2.68. The summed E-state index contributed by atoms with van der Waals surface area (Å²) in [6, 6.07) is 0. The molecule has 7 aliphatic carbocycles. The lowest BCUT2D eigenvalue weighted by molar-refractivity contribution is -0.221. The molecular formula is C46H72FNO4. The van der Waals surface area contributed by atoms with Crippen molar-refractivity contribution in [2.75, 3.05) is 13.2 Å². The highest BCUT2D eigenvalue weighted by atomic mass is 19.1. The maximum Gasteiger partial charge on any atom is 0.312 e. The van der Waals surface area contributed by atoms with Crippen molar-refractivity contribution < 1.29 is 24.5 Å². The summed E-state index contributed by atoms with van der Waals surface area (Å²) in [6.45, 7) is 21.8. The molecule has 0 radical (unpaired) electrons. The van der Waals surface area contributed by atoms with Crippen LogP contribution in [0.4, 0.5) is 4.39 Å². The molecule has 0 aliphatic heterocycles. The summed E-state index contributed by atoms with van der Waals surface area (Å²) in [4.78, 5) is 12.0. The Hall–Kier alpha value is -1.50. The number of hydrogen-bond donors (Lipinski definition) is 4. The monoisotopic (exact) mass is 722 g/mol. The van der Waals surface area contributed by atoms with Gasteiger partial charge in [-0.25, -0.2) is 4.39 Å². The fourth-order valence-corrected chi connectivity index (χ4v) is 15.2. The summed E-state index contributed by atoms with van der Waals surface area (Å²) < 4.78 is 14.0. The van der Waals surface area contributed by atoms with Gasteiger partial charge in [0, 0.05) is 5.54 Å². The van der Waals surface area contributed by atoms with Gasteiger partial charge in [0.2, 0.25) is 0 Å². The number of aliphatic hydroxyl groups is 2. The van der Waals surface area contributed by atoms with Crippen LogP contribution < -0.4 is 5.32 Å². The average Bonchev–Trinajstić information content (AvgIpc) is 3.46. The van der Waals surface area contributed by atoms with Crippen LogP contribution >= 0.6 is 0 Å². The van der Waals surface area contributed by atoms with Crippen LogP contribution in [-0.4, -0.2) is 51.2 Å². The molecule has 0 bridgehead atoms. The average molecular weight is 722 g/mol. The molecule has 5 saturated carbocycles. The number of nitrogens with one attached hydrogen (secondary N) is 1. The molecule has 10 atom stereocenters. The molecule has 292 valence electrons. The van der Waals surface area contributed by atoms with Crippen molar-refractivity contribution in [1.29, 1.82) is 0 Å². The van der Waals surface area contributed by atoms with Crippen LogP contribution in [0.2, 0.25) is 0 Å². The number of fused-ring (bicyclic) bond motifs is 7. The van der Waals surface area contributed by atoms with Crippen LogP contribution in [0, 0.1) is 56.7 Å². The highest BCUT2D eigenvalue weighted by molar-refractivity contribution is 5.75. The van der Waals surface area contributed by atoms with E-state index >= 15 is 0 Å². The highest BCUT2D eigenvalue weighted by Gasteiger charge is 2.70. The van der Waals surface area contributed by atoms with Crippen molar-refractivity contribution in [1.82, 2.24) is 5.32 Å². The first kappa shape index (κ1) is 38.8. The highest BCUT2D eigenvalue weighted by Crippen LogP contribution is 2.76. The van der Waals surface area contributed by atoms with Gasteiger partial charge in [-0.15, -0.1) is 0 Å². The molecule has 7 aliphatic rings. The number of alkyl halides is 1. The lowest BCUT2D eigenvalue weighted by atomic mass is 9.33. The smallest absolute Gasteiger partial charge is 0.312 e. The van der Waals surface area contributed by atoms with Crippen LogP contribution in [0.1, 0.15) is 158 Å². The predicted molar refractivity (Wildman–Crippen MR) is 207 cm³/mol. The zero-order valence-electron chi connectivity index (χ0n) is 33.8. The van der Waals surface area contributed by atoms with E-state index in [1.165, 1.54) is 68.1 Å². The Labute approximate surface area is 314 Å². The molecule has 0 saturated heterocycles. The summed E-state index contributed by atoms with van der Waals surface area (Å²) in [6.07, 6.45) is 20.4. The maximum absolute atomic E-state index is 14.0. The second kappa shape index (κ2) is 12.8. The third-order valence-corrected chi connectivity index (χ3v) is 18.6. The third kappa shape index (κ3) is 5.70. The molecule has 5 nitrogen and oxygen atoms in total. The van der Waals surface area contributed by atoms with Gasteiger partial charge < -0.3 is 20.6 Å². The van der Waals surface area contributed by atoms with E-state index in [0.717, 1.165) is 19.4 Å². The Morgan fingerprint density at radius 3 is 2.17 bits per heavy atom. The number of aliphatic carboxylic acids is 1. The van der Waals surface area contributed by atoms with Gasteiger partial charge in [0.15, 0.2) is 0 Å². The first-order chi connectivity index (χ1) is 24.2. The normalized spacial score (nSPS) is 49.8. The summed E-state index contributed by atoms with van der Waals surface area (Å²) >= 11 is 0. The van der Waals surface area contributed by atoms with Crippen molar-refractivity contribution in [3.05, 3.63) is 35.5 Å². The zero-order chi connectivity index (χ0) is 37.8. The number of carboxylic acids is 1. The lowest BCUT2D eigenvalue weighted by Gasteiger charge is -2.72. The molecule has 0 amide bonds. The third-order valence-electron chi connectivity index (χ3n) is 18.6. The van der Waals surface area contributed by atoms with Crippen molar-refractivity contribution in [2.24, 2.45) is 56.7 Å². The summed E-state index contributed by atoms with van der Waals surface area (Å²) in [5.41, 5.74) is 2.23. The van der Waals surface area contributed by atoms with Gasteiger partial charge >= 0.3 is 5.97 Å².